The number of esters is 1. The number of hydrogen-bond acceptors (Lipinski definition) is 6. The van der Waals surface area contributed by atoms with Crippen LogP contribution in [0.15, 0.2) is 67.0 Å². The number of nitrogens with zero attached hydrogens (tertiary/aromatic N) is 2. The van der Waals surface area contributed by atoms with Gasteiger partial charge in [-0.1, -0.05) is 6.07 Å². The molecule has 2 N–H and O–H groups in total. The lowest BCUT2D eigenvalue weighted by molar-refractivity contribution is 0.0526. The van der Waals surface area contributed by atoms with E-state index in [9.17, 15) is 9.59 Å². The van der Waals surface area contributed by atoms with Crippen LogP contribution in [0.25, 0.3) is 0 Å². The van der Waals surface area contributed by atoms with Crippen molar-refractivity contribution in [2.75, 3.05) is 11.9 Å². The van der Waals surface area contributed by atoms with Crippen molar-refractivity contribution >= 4 is 23.4 Å². The summed E-state index contributed by atoms with van der Waals surface area (Å²) in [5, 5.41) is 5.93. The molecule has 0 bridgehead atoms. The summed E-state index contributed by atoms with van der Waals surface area (Å²) in [6, 6.07) is 15.8. The zero-order chi connectivity index (χ0) is 19.8. The fourth-order valence-corrected chi connectivity index (χ4v) is 2.43. The number of hydrogen-bond donors (Lipinski definition) is 2. The molecule has 3 rings (SSSR count). The minimum absolute atomic E-state index is 0.219. The highest BCUT2D eigenvalue weighted by Gasteiger charge is 2.08. The van der Waals surface area contributed by atoms with Crippen molar-refractivity contribution in [2.45, 2.75) is 13.5 Å². The third-order valence-electron chi connectivity index (χ3n) is 3.85. The molecule has 0 saturated heterocycles. The highest BCUT2D eigenvalue weighted by Crippen LogP contribution is 2.16. The van der Waals surface area contributed by atoms with E-state index in [1.165, 1.54) is 6.20 Å². The van der Waals surface area contributed by atoms with Crippen LogP contribution in [0.4, 0.5) is 11.5 Å². The van der Waals surface area contributed by atoms with Crippen LogP contribution in [0.1, 0.15) is 33.3 Å². The van der Waals surface area contributed by atoms with Gasteiger partial charge in [-0.2, -0.15) is 0 Å². The second-order valence-corrected chi connectivity index (χ2v) is 5.86. The van der Waals surface area contributed by atoms with Gasteiger partial charge in [0.1, 0.15) is 5.82 Å². The standard InChI is InChI=1S/C21H20N4O3/c1-2-28-21(27)15-6-9-17(10-7-15)25-19-11-8-16(13-23-19)20(26)24-14-18-5-3-4-12-22-18/h3-13H,2,14H2,1H3,(H,23,25)(H,24,26). The number of carbonyl (C=O) groups is 2. The molecular weight excluding hydrogens is 356 g/mol. The number of benzene rings is 1. The molecule has 3 aromatic rings. The molecule has 0 saturated carbocycles. The Morgan fingerprint density at radius 1 is 0.964 bits per heavy atom. The SMILES string of the molecule is CCOC(=O)c1ccc(Nc2ccc(C(=O)NCc3ccccn3)cn2)cc1. The number of carbonyl (C=O) groups excluding carboxylic acids is 2. The van der Waals surface area contributed by atoms with E-state index in [-0.39, 0.29) is 11.9 Å². The first-order chi connectivity index (χ1) is 13.7. The summed E-state index contributed by atoms with van der Waals surface area (Å²) in [4.78, 5) is 32.3. The summed E-state index contributed by atoms with van der Waals surface area (Å²) in [7, 11) is 0. The van der Waals surface area contributed by atoms with Crippen molar-refractivity contribution in [2.24, 2.45) is 0 Å². The minimum atomic E-state index is -0.353. The lowest BCUT2D eigenvalue weighted by atomic mass is 10.2. The zero-order valence-electron chi connectivity index (χ0n) is 15.4. The maximum Gasteiger partial charge on any atom is 0.338 e. The number of nitrogens with one attached hydrogen (secondary N) is 2. The molecule has 0 radical (unpaired) electrons. The molecule has 0 aliphatic rings. The quantitative estimate of drug-likeness (QED) is 0.615. The summed E-state index contributed by atoms with van der Waals surface area (Å²) in [6.45, 7) is 2.46. The molecule has 0 fully saturated rings. The molecular formula is C21H20N4O3. The van der Waals surface area contributed by atoms with Gasteiger partial charge in [-0.3, -0.25) is 9.78 Å². The topological polar surface area (TPSA) is 93.2 Å². The van der Waals surface area contributed by atoms with E-state index in [1.807, 2.05) is 18.2 Å². The number of ether oxygens (including phenoxy) is 1. The first-order valence-corrected chi connectivity index (χ1v) is 8.84. The molecule has 0 spiro atoms. The third kappa shape index (κ3) is 5.14. The Labute approximate surface area is 162 Å². The van der Waals surface area contributed by atoms with Gasteiger partial charge in [-0.25, -0.2) is 9.78 Å². The van der Waals surface area contributed by atoms with Crippen LogP contribution < -0.4 is 10.6 Å². The molecule has 28 heavy (non-hydrogen) atoms. The summed E-state index contributed by atoms with van der Waals surface area (Å²) in [5.74, 6) is 0.0156. The smallest absolute Gasteiger partial charge is 0.338 e. The Morgan fingerprint density at radius 2 is 1.75 bits per heavy atom. The van der Waals surface area contributed by atoms with Crippen molar-refractivity contribution in [3.8, 4) is 0 Å². The fourth-order valence-electron chi connectivity index (χ4n) is 2.43. The lowest BCUT2D eigenvalue weighted by Crippen LogP contribution is -2.23. The largest absolute Gasteiger partial charge is 0.462 e. The van der Waals surface area contributed by atoms with Crippen molar-refractivity contribution < 1.29 is 14.3 Å². The number of aromatic nitrogens is 2. The van der Waals surface area contributed by atoms with E-state index in [1.54, 1.807) is 49.5 Å². The van der Waals surface area contributed by atoms with Gasteiger partial charge in [0, 0.05) is 18.1 Å². The predicted molar refractivity (Wildman–Crippen MR) is 105 cm³/mol. The van der Waals surface area contributed by atoms with Gasteiger partial charge >= 0.3 is 5.97 Å². The van der Waals surface area contributed by atoms with Crippen LogP contribution in [0, 0.1) is 0 Å². The molecule has 0 aliphatic heterocycles. The summed E-state index contributed by atoms with van der Waals surface area (Å²) >= 11 is 0. The Kier molecular flexibility index (Phi) is 6.30. The van der Waals surface area contributed by atoms with Crippen LogP contribution in [-0.2, 0) is 11.3 Å². The highest BCUT2D eigenvalue weighted by atomic mass is 16.5. The third-order valence-corrected chi connectivity index (χ3v) is 3.85. The number of pyridine rings is 2. The van der Waals surface area contributed by atoms with Crippen molar-refractivity contribution in [1.82, 2.24) is 15.3 Å². The van der Waals surface area contributed by atoms with Gasteiger partial charge in [-0.05, 0) is 55.5 Å². The average molecular weight is 376 g/mol. The lowest BCUT2D eigenvalue weighted by Gasteiger charge is -2.08. The minimum Gasteiger partial charge on any atom is -0.462 e. The van der Waals surface area contributed by atoms with Crippen LogP contribution in [0.2, 0.25) is 0 Å². The fraction of sp³-hybridized carbons (Fsp3) is 0.143. The molecule has 0 unspecified atom stereocenters. The van der Waals surface area contributed by atoms with E-state index in [0.717, 1.165) is 11.4 Å². The van der Waals surface area contributed by atoms with E-state index < -0.39 is 0 Å². The summed E-state index contributed by atoms with van der Waals surface area (Å²) in [6.07, 6.45) is 3.19. The molecule has 0 aliphatic carbocycles. The summed E-state index contributed by atoms with van der Waals surface area (Å²) in [5.41, 5.74) is 2.50. The van der Waals surface area contributed by atoms with Gasteiger partial charge in [0.15, 0.2) is 0 Å². The van der Waals surface area contributed by atoms with Crippen LogP contribution in [0.3, 0.4) is 0 Å². The molecule has 2 aromatic heterocycles. The van der Waals surface area contributed by atoms with Gasteiger partial charge in [-0.15, -0.1) is 0 Å². The van der Waals surface area contributed by atoms with Gasteiger partial charge in [0.05, 0.1) is 30.0 Å². The monoisotopic (exact) mass is 376 g/mol. The molecule has 2 heterocycles. The van der Waals surface area contributed by atoms with E-state index in [4.69, 9.17) is 4.74 Å². The average Bonchev–Trinajstić information content (AvgIpc) is 2.74. The number of amides is 1. The van der Waals surface area contributed by atoms with Gasteiger partial charge < -0.3 is 15.4 Å². The van der Waals surface area contributed by atoms with E-state index in [0.29, 0.717) is 30.1 Å². The first-order valence-electron chi connectivity index (χ1n) is 8.84. The van der Waals surface area contributed by atoms with E-state index in [2.05, 4.69) is 20.6 Å². The second-order valence-electron chi connectivity index (χ2n) is 5.86. The molecule has 7 nitrogen and oxygen atoms in total. The van der Waals surface area contributed by atoms with Crippen LogP contribution >= 0.6 is 0 Å². The van der Waals surface area contributed by atoms with Gasteiger partial charge in [0.2, 0.25) is 0 Å². The Morgan fingerprint density at radius 3 is 2.39 bits per heavy atom. The normalized spacial score (nSPS) is 10.2. The van der Waals surface area contributed by atoms with Crippen molar-refractivity contribution in [3.63, 3.8) is 0 Å². The molecule has 1 aromatic carbocycles. The molecule has 1 amide bonds. The number of anilines is 2. The van der Waals surface area contributed by atoms with Crippen molar-refractivity contribution in [3.05, 3.63) is 83.8 Å². The Hall–Kier alpha value is -3.74. The molecule has 0 atom stereocenters. The van der Waals surface area contributed by atoms with Crippen LogP contribution in [-0.4, -0.2) is 28.5 Å². The zero-order valence-corrected chi connectivity index (χ0v) is 15.4. The predicted octanol–water partition coefficient (Wildman–Crippen LogP) is 3.33. The maximum absolute atomic E-state index is 12.2. The Bertz CT molecular complexity index is 926. The molecule has 7 heteroatoms. The Balaban J connectivity index is 1.56. The first kappa shape index (κ1) is 19.0. The molecule has 142 valence electrons. The maximum atomic E-state index is 12.2. The van der Waals surface area contributed by atoms with E-state index >= 15 is 0 Å². The van der Waals surface area contributed by atoms with Crippen molar-refractivity contribution in [1.29, 1.82) is 0 Å². The summed E-state index contributed by atoms with van der Waals surface area (Å²) < 4.78 is 4.96. The number of rotatable bonds is 7. The van der Waals surface area contributed by atoms with Gasteiger partial charge in [0.25, 0.3) is 5.91 Å². The van der Waals surface area contributed by atoms with Crippen LogP contribution in [0.5, 0.6) is 0 Å². The highest BCUT2D eigenvalue weighted by molar-refractivity contribution is 5.94. The second kappa shape index (κ2) is 9.27.